The van der Waals surface area contributed by atoms with E-state index in [-0.39, 0.29) is 18.2 Å². The maximum absolute atomic E-state index is 13.4. The van der Waals surface area contributed by atoms with Crippen molar-refractivity contribution >= 4 is 28.6 Å². The Labute approximate surface area is 223 Å². The highest BCUT2D eigenvalue weighted by Gasteiger charge is 2.28. The molecule has 2 aromatic carbocycles. The molecule has 0 saturated heterocycles. The third-order valence-corrected chi connectivity index (χ3v) is 7.34. The molecule has 3 amide bonds. The average Bonchev–Trinajstić information content (AvgIpc) is 3.29. The molecule has 0 spiro atoms. The molecule has 0 saturated carbocycles. The van der Waals surface area contributed by atoms with Crippen molar-refractivity contribution in [2.45, 2.75) is 70.4 Å². The fourth-order valence-electron chi connectivity index (χ4n) is 5.28. The second kappa shape index (κ2) is 13.8. The number of hydrogen-bond acceptors (Lipinski definition) is 4. The molecule has 2 heterocycles. The van der Waals surface area contributed by atoms with Gasteiger partial charge in [-0.15, -0.1) is 0 Å². The highest BCUT2D eigenvalue weighted by Crippen LogP contribution is 2.24. The van der Waals surface area contributed by atoms with Crippen molar-refractivity contribution in [1.82, 2.24) is 20.7 Å². The molecule has 8 heteroatoms. The van der Waals surface area contributed by atoms with Crippen LogP contribution in [0.3, 0.4) is 0 Å². The van der Waals surface area contributed by atoms with E-state index in [1.165, 1.54) is 0 Å². The molecule has 0 aliphatic carbocycles. The van der Waals surface area contributed by atoms with Gasteiger partial charge in [0, 0.05) is 48.9 Å². The van der Waals surface area contributed by atoms with Crippen molar-refractivity contribution in [3.05, 3.63) is 71.9 Å². The first kappa shape index (κ1) is 27.4. The van der Waals surface area contributed by atoms with Crippen LogP contribution in [0.4, 0.5) is 0 Å². The van der Waals surface area contributed by atoms with Gasteiger partial charge in [-0.3, -0.25) is 19.6 Å². The third kappa shape index (κ3) is 7.44. The van der Waals surface area contributed by atoms with Crippen molar-refractivity contribution in [1.29, 1.82) is 0 Å². The van der Waals surface area contributed by atoms with Gasteiger partial charge in [-0.2, -0.15) is 0 Å². The van der Waals surface area contributed by atoms with Crippen molar-refractivity contribution < 1.29 is 19.6 Å². The number of amides is 3. The Morgan fingerprint density at radius 2 is 1.79 bits per heavy atom. The fraction of sp³-hybridized carbons (Fsp3) is 0.433. The SMILES string of the molecule is O=C(C[C@@H](CCCc1ccccc1)C(=O)NC1Cc2cn(c3ccccc23)CCCCCCNC1=O)NO. The van der Waals surface area contributed by atoms with Crippen LogP contribution in [0, 0.1) is 5.92 Å². The standard InChI is InChI=1S/C30H38N4O4/c35-28(33-38)20-23(14-10-13-22-11-4-3-5-12-22)29(36)32-26-19-24-21-34(27-16-7-6-15-25(24)27)18-9-2-1-8-17-31-30(26)37/h3-7,11-12,15-16,21,23,26,38H,1-2,8-10,13-14,17-20H2,(H,31,37)(H,32,36)(H,33,35)/t23-,26?/m1/s1. The summed E-state index contributed by atoms with van der Waals surface area (Å²) in [6.07, 6.45) is 8.33. The van der Waals surface area contributed by atoms with Crippen molar-refractivity contribution in [3.8, 4) is 0 Å². The topological polar surface area (TPSA) is 112 Å². The van der Waals surface area contributed by atoms with Gasteiger partial charge in [0.2, 0.25) is 17.7 Å². The molecule has 4 rings (SSSR count). The average molecular weight is 519 g/mol. The lowest BCUT2D eigenvalue weighted by Crippen LogP contribution is -2.50. The Morgan fingerprint density at radius 3 is 2.61 bits per heavy atom. The van der Waals surface area contributed by atoms with Gasteiger partial charge in [0.1, 0.15) is 6.04 Å². The maximum atomic E-state index is 13.4. The summed E-state index contributed by atoms with van der Waals surface area (Å²) in [4.78, 5) is 38.7. The number of hydroxylamine groups is 1. The monoisotopic (exact) mass is 518 g/mol. The lowest BCUT2D eigenvalue weighted by Gasteiger charge is -2.22. The second-order valence-electron chi connectivity index (χ2n) is 10.1. The number of benzene rings is 2. The summed E-state index contributed by atoms with van der Waals surface area (Å²) in [5.41, 5.74) is 4.94. The predicted octanol–water partition coefficient (Wildman–Crippen LogP) is 3.89. The maximum Gasteiger partial charge on any atom is 0.244 e. The molecule has 0 radical (unpaired) electrons. The number of nitrogens with zero attached hydrogens (tertiary/aromatic N) is 1. The zero-order valence-corrected chi connectivity index (χ0v) is 21.8. The smallest absolute Gasteiger partial charge is 0.244 e. The first-order valence-electron chi connectivity index (χ1n) is 13.7. The van der Waals surface area contributed by atoms with Gasteiger partial charge in [0.25, 0.3) is 0 Å². The Hall–Kier alpha value is -3.65. The van der Waals surface area contributed by atoms with Crippen LogP contribution in [0.5, 0.6) is 0 Å². The number of carbonyl (C=O) groups is 3. The first-order valence-corrected chi connectivity index (χ1v) is 13.7. The largest absolute Gasteiger partial charge is 0.354 e. The highest BCUT2D eigenvalue weighted by atomic mass is 16.5. The minimum Gasteiger partial charge on any atom is -0.354 e. The molecule has 3 aromatic rings. The van der Waals surface area contributed by atoms with Crippen LogP contribution in [0.1, 0.15) is 56.1 Å². The van der Waals surface area contributed by atoms with E-state index in [4.69, 9.17) is 5.21 Å². The molecule has 2 atom stereocenters. The number of rotatable bonds is 8. The molecule has 1 aliphatic heterocycles. The fourth-order valence-corrected chi connectivity index (χ4v) is 5.28. The van der Waals surface area contributed by atoms with Gasteiger partial charge < -0.3 is 15.2 Å². The molecule has 8 nitrogen and oxygen atoms in total. The van der Waals surface area contributed by atoms with Crippen molar-refractivity contribution in [2.24, 2.45) is 5.92 Å². The van der Waals surface area contributed by atoms with Crippen LogP contribution in [-0.2, 0) is 33.8 Å². The third-order valence-electron chi connectivity index (χ3n) is 7.34. The summed E-state index contributed by atoms with van der Waals surface area (Å²) in [6, 6.07) is 17.4. The van der Waals surface area contributed by atoms with Gasteiger partial charge in [-0.25, -0.2) is 5.48 Å². The van der Waals surface area contributed by atoms with Crippen LogP contribution in [0.15, 0.2) is 60.8 Å². The van der Waals surface area contributed by atoms with Crippen molar-refractivity contribution in [3.63, 3.8) is 0 Å². The minimum atomic E-state index is -0.767. The molecule has 1 aromatic heterocycles. The van der Waals surface area contributed by atoms with Crippen LogP contribution < -0.4 is 16.1 Å². The van der Waals surface area contributed by atoms with E-state index in [9.17, 15) is 14.4 Å². The number of hydrogen-bond donors (Lipinski definition) is 4. The van der Waals surface area contributed by atoms with Gasteiger partial charge >= 0.3 is 0 Å². The Bertz CT molecular complexity index is 1220. The molecule has 0 fully saturated rings. The predicted molar refractivity (Wildman–Crippen MR) is 146 cm³/mol. The Balaban J connectivity index is 1.52. The molecule has 2 bridgehead atoms. The van der Waals surface area contributed by atoms with Crippen LogP contribution in [-0.4, -0.2) is 40.1 Å². The summed E-state index contributed by atoms with van der Waals surface area (Å²) >= 11 is 0. The van der Waals surface area contributed by atoms with E-state index in [1.807, 2.05) is 42.5 Å². The number of para-hydroxylation sites is 1. The second-order valence-corrected chi connectivity index (χ2v) is 10.1. The van der Waals surface area contributed by atoms with Gasteiger partial charge in [-0.05, 0) is 49.3 Å². The van der Waals surface area contributed by atoms with E-state index in [0.29, 0.717) is 25.8 Å². The Kier molecular flexibility index (Phi) is 9.92. The number of aromatic nitrogens is 1. The van der Waals surface area contributed by atoms with Crippen LogP contribution in [0.2, 0.25) is 0 Å². The summed E-state index contributed by atoms with van der Waals surface area (Å²) in [5.74, 6) is -1.85. The van der Waals surface area contributed by atoms with E-state index >= 15 is 0 Å². The molecular formula is C30H38N4O4. The van der Waals surface area contributed by atoms with Gasteiger partial charge in [0.15, 0.2) is 0 Å². The van der Waals surface area contributed by atoms with Gasteiger partial charge in [-0.1, -0.05) is 61.4 Å². The lowest BCUT2D eigenvalue weighted by molar-refractivity contribution is -0.136. The summed E-state index contributed by atoms with van der Waals surface area (Å²) in [5, 5.41) is 16.1. The van der Waals surface area contributed by atoms with E-state index < -0.39 is 17.9 Å². The van der Waals surface area contributed by atoms with E-state index in [2.05, 4.69) is 33.5 Å². The summed E-state index contributed by atoms with van der Waals surface area (Å²) in [6.45, 7) is 1.48. The zero-order valence-electron chi connectivity index (χ0n) is 21.8. The molecular weight excluding hydrogens is 480 g/mol. The molecule has 1 aliphatic rings. The summed E-state index contributed by atoms with van der Waals surface area (Å²) in [7, 11) is 0. The zero-order chi connectivity index (χ0) is 26.7. The first-order chi connectivity index (χ1) is 18.5. The normalized spacial score (nSPS) is 17.4. The van der Waals surface area contributed by atoms with Crippen LogP contribution in [0.25, 0.3) is 10.9 Å². The molecule has 38 heavy (non-hydrogen) atoms. The molecule has 1 unspecified atom stereocenters. The number of nitrogens with one attached hydrogen (secondary N) is 3. The summed E-state index contributed by atoms with van der Waals surface area (Å²) < 4.78 is 2.25. The highest BCUT2D eigenvalue weighted by molar-refractivity contribution is 5.91. The quantitative estimate of drug-likeness (QED) is 0.268. The van der Waals surface area contributed by atoms with Gasteiger partial charge in [0.05, 0.1) is 0 Å². The van der Waals surface area contributed by atoms with E-state index in [1.54, 1.807) is 5.48 Å². The van der Waals surface area contributed by atoms with Crippen LogP contribution >= 0.6 is 0 Å². The van der Waals surface area contributed by atoms with E-state index in [0.717, 1.165) is 60.7 Å². The Morgan fingerprint density at radius 1 is 1.03 bits per heavy atom. The number of aryl methyl sites for hydroxylation is 2. The van der Waals surface area contributed by atoms with Crippen molar-refractivity contribution in [2.75, 3.05) is 6.54 Å². The number of fused-ring (bicyclic) bond motifs is 5. The number of carbonyl (C=O) groups excluding carboxylic acids is 3. The molecule has 4 N–H and O–H groups in total. The lowest BCUT2D eigenvalue weighted by atomic mass is 9.94. The minimum absolute atomic E-state index is 0.148. The molecule has 202 valence electrons.